The maximum atomic E-state index is 5.85. The Morgan fingerprint density at radius 1 is 1.70 bits per heavy atom. The van der Waals surface area contributed by atoms with E-state index in [9.17, 15) is 0 Å². The second kappa shape index (κ2) is 3.19. The molecule has 0 amide bonds. The fourth-order valence-electron chi connectivity index (χ4n) is 0.904. The average Bonchev–Trinajstić information content (AvgIpc) is 1.95. The van der Waals surface area contributed by atoms with Gasteiger partial charge >= 0.3 is 0 Å². The van der Waals surface area contributed by atoms with E-state index in [1.165, 1.54) is 0 Å². The third-order valence-electron chi connectivity index (χ3n) is 1.59. The maximum Gasteiger partial charge on any atom is 0.155 e. The van der Waals surface area contributed by atoms with Gasteiger partial charge in [-0.3, -0.25) is 0 Å². The first kappa shape index (κ1) is 7.79. The van der Waals surface area contributed by atoms with Gasteiger partial charge in [-0.15, -0.1) is 0 Å². The fraction of sp³-hybridized carbons (Fsp3) is 0.429. The summed E-state index contributed by atoms with van der Waals surface area (Å²) in [7, 11) is 1.66. The molecule has 2 atom stereocenters. The summed E-state index contributed by atoms with van der Waals surface area (Å²) in [5.74, 6) is 0. The van der Waals surface area contributed by atoms with Crippen LogP contribution in [0.5, 0.6) is 0 Å². The minimum absolute atomic E-state index is 0.219. The van der Waals surface area contributed by atoms with Gasteiger partial charge < -0.3 is 0 Å². The van der Waals surface area contributed by atoms with Crippen molar-refractivity contribution in [2.45, 2.75) is 13.0 Å². The average molecular weight is 161 g/mol. The Morgan fingerprint density at radius 2 is 2.40 bits per heavy atom. The largest absolute Gasteiger partial charge is 0.203 e. The van der Waals surface area contributed by atoms with Crippen molar-refractivity contribution in [1.29, 1.82) is 0 Å². The van der Waals surface area contributed by atoms with Crippen LogP contribution in [0.15, 0.2) is 23.4 Å². The summed E-state index contributed by atoms with van der Waals surface area (Å²) in [6.45, 7) is 2.02. The molecule has 0 radical (unpaired) electrons. The first-order valence-corrected chi connectivity index (χ1v) is 3.58. The highest BCUT2D eigenvalue weighted by Gasteiger charge is 2.20. The molecular weight excluding hydrogens is 150 g/mol. The predicted octanol–water partition coefficient (Wildman–Crippen LogP) is 0.471. The lowest BCUT2D eigenvalue weighted by atomic mass is 10.2. The molecule has 3 heteroatoms. The predicted molar refractivity (Wildman–Crippen MR) is 40.5 cm³/mol. The molecular formula is C7H11ClNO+. The van der Waals surface area contributed by atoms with Crippen molar-refractivity contribution in [3.05, 3.63) is 23.4 Å². The number of hydrogen-bond acceptors (Lipinski definition) is 1. The molecule has 2 unspecified atom stereocenters. The summed E-state index contributed by atoms with van der Waals surface area (Å²) >= 11 is 5.85. The third-order valence-corrected chi connectivity index (χ3v) is 2.05. The lowest BCUT2D eigenvalue weighted by Gasteiger charge is -2.19. The van der Waals surface area contributed by atoms with E-state index < -0.39 is 0 Å². The lowest BCUT2D eigenvalue weighted by Crippen LogP contribution is -3.10. The van der Waals surface area contributed by atoms with Crippen molar-refractivity contribution in [2.75, 3.05) is 7.11 Å². The second-order valence-corrected chi connectivity index (χ2v) is 2.68. The standard InChI is InChI=1S/C7H10ClNO/c1-6-7(8)4-3-5-9(6)10-2/h3-6H,1-2H3/p+1. The molecule has 0 aliphatic carbocycles. The summed E-state index contributed by atoms with van der Waals surface area (Å²) in [6.07, 6.45) is 5.70. The Kier molecular flexibility index (Phi) is 2.49. The maximum absolute atomic E-state index is 5.85. The number of quaternary nitrogens is 1. The Hall–Kier alpha value is -0.310. The number of halogens is 1. The molecule has 0 aromatic rings. The minimum Gasteiger partial charge on any atom is -0.203 e. The van der Waals surface area contributed by atoms with Gasteiger partial charge in [0.25, 0.3) is 0 Å². The van der Waals surface area contributed by atoms with E-state index in [4.69, 9.17) is 16.4 Å². The molecule has 0 saturated heterocycles. The van der Waals surface area contributed by atoms with Crippen LogP contribution in [-0.2, 0) is 4.84 Å². The zero-order chi connectivity index (χ0) is 7.56. The van der Waals surface area contributed by atoms with Crippen LogP contribution >= 0.6 is 11.6 Å². The molecule has 0 bridgehead atoms. The van der Waals surface area contributed by atoms with E-state index in [2.05, 4.69) is 0 Å². The Labute approximate surface area is 65.7 Å². The molecule has 56 valence electrons. The van der Waals surface area contributed by atoms with Crippen LogP contribution in [0.2, 0.25) is 0 Å². The van der Waals surface area contributed by atoms with Gasteiger partial charge in [-0.2, -0.15) is 5.06 Å². The molecule has 1 aliphatic heterocycles. The zero-order valence-corrected chi connectivity index (χ0v) is 6.85. The summed E-state index contributed by atoms with van der Waals surface area (Å²) < 4.78 is 0. The summed E-state index contributed by atoms with van der Waals surface area (Å²) in [5, 5.41) is 1.76. The van der Waals surface area contributed by atoms with Crippen LogP contribution in [0, 0.1) is 0 Å². The van der Waals surface area contributed by atoms with Crippen LogP contribution in [-0.4, -0.2) is 13.2 Å². The molecule has 0 spiro atoms. The Morgan fingerprint density at radius 3 is 2.90 bits per heavy atom. The number of hydrogen-bond donors (Lipinski definition) is 1. The van der Waals surface area contributed by atoms with Crippen molar-refractivity contribution < 1.29 is 9.90 Å². The zero-order valence-electron chi connectivity index (χ0n) is 6.10. The first-order valence-electron chi connectivity index (χ1n) is 3.20. The van der Waals surface area contributed by atoms with E-state index in [1.807, 2.05) is 25.3 Å². The van der Waals surface area contributed by atoms with Crippen LogP contribution < -0.4 is 5.06 Å². The van der Waals surface area contributed by atoms with Gasteiger partial charge in [-0.05, 0) is 19.1 Å². The molecule has 0 aromatic carbocycles. The molecule has 1 N–H and O–H groups in total. The van der Waals surface area contributed by atoms with Crippen molar-refractivity contribution >= 4 is 11.6 Å². The molecule has 1 heterocycles. The van der Waals surface area contributed by atoms with Gasteiger partial charge in [0.2, 0.25) is 0 Å². The van der Waals surface area contributed by atoms with E-state index >= 15 is 0 Å². The van der Waals surface area contributed by atoms with Crippen molar-refractivity contribution in [3.63, 3.8) is 0 Å². The van der Waals surface area contributed by atoms with E-state index in [0.29, 0.717) is 0 Å². The lowest BCUT2D eigenvalue weighted by molar-refractivity contribution is -1.06. The molecule has 1 aliphatic rings. The third kappa shape index (κ3) is 1.40. The number of allylic oxidation sites excluding steroid dienone is 2. The smallest absolute Gasteiger partial charge is 0.155 e. The fourth-order valence-corrected chi connectivity index (χ4v) is 1.08. The normalized spacial score (nSPS) is 32.1. The highest BCUT2D eigenvalue weighted by atomic mass is 35.5. The molecule has 0 saturated carbocycles. The molecule has 0 aromatic heterocycles. The van der Waals surface area contributed by atoms with Gasteiger partial charge in [-0.25, -0.2) is 4.84 Å². The van der Waals surface area contributed by atoms with Gasteiger partial charge in [0, 0.05) is 0 Å². The molecule has 0 fully saturated rings. The van der Waals surface area contributed by atoms with E-state index in [-0.39, 0.29) is 6.04 Å². The topological polar surface area (TPSA) is 13.7 Å². The Balaban J connectivity index is 2.68. The quantitative estimate of drug-likeness (QED) is 0.589. The van der Waals surface area contributed by atoms with Gasteiger partial charge in [0.15, 0.2) is 6.04 Å². The van der Waals surface area contributed by atoms with E-state index in [1.54, 1.807) is 7.11 Å². The van der Waals surface area contributed by atoms with Gasteiger partial charge in [0.1, 0.15) is 6.20 Å². The van der Waals surface area contributed by atoms with Crippen LogP contribution in [0.1, 0.15) is 6.92 Å². The highest BCUT2D eigenvalue weighted by Crippen LogP contribution is 2.07. The molecule has 10 heavy (non-hydrogen) atoms. The Bertz CT molecular complexity index is 176. The van der Waals surface area contributed by atoms with Crippen LogP contribution in [0.3, 0.4) is 0 Å². The van der Waals surface area contributed by atoms with Crippen molar-refractivity contribution in [2.24, 2.45) is 0 Å². The van der Waals surface area contributed by atoms with Crippen LogP contribution in [0.4, 0.5) is 0 Å². The van der Waals surface area contributed by atoms with Crippen molar-refractivity contribution in [1.82, 2.24) is 0 Å². The first-order chi connectivity index (χ1) is 4.75. The highest BCUT2D eigenvalue weighted by molar-refractivity contribution is 6.30. The number of nitrogens with one attached hydrogen (secondary N) is 1. The van der Waals surface area contributed by atoms with Crippen LogP contribution in [0.25, 0.3) is 0 Å². The van der Waals surface area contributed by atoms with E-state index in [0.717, 1.165) is 10.1 Å². The summed E-state index contributed by atoms with van der Waals surface area (Å²) in [4.78, 5) is 5.08. The SMILES string of the molecule is CO[NH+]1C=CC=C(Cl)C1C. The number of rotatable bonds is 1. The minimum atomic E-state index is 0.219. The van der Waals surface area contributed by atoms with Gasteiger partial charge in [0.05, 0.1) is 12.1 Å². The summed E-state index contributed by atoms with van der Waals surface area (Å²) in [5.41, 5.74) is 0. The molecule has 2 nitrogen and oxygen atoms in total. The monoisotopic (exact) mass is 160 g/mol. The molecule has 1 rings (SSSR count). The van der Waals surface area contributed by atoms with Gasteiger partial charge in [-0.1, -0.05) is 11.6 Å². The number of hydroxylamine groups is 2. The summed E-state index contributed by atoms with van der Waals surface area (Å²) in [6, 6.07) is 0.219. The second-order valence-electron chi connectivity index (χ2n) is 2.24. The van der Waals surface area contributed by atoms with Crippen molar-refractivity contribution in [3.8, 4) is 0 Å².